The molecule has 1 atom stereocenters. The molecule has 15 heavy (non-hydrogen) atoms. The van der Waals surface area contributed by atoms with Crippen molar-refractivity contribution in [2.75, 3.05) is 27.2 Å². The van der Waals surface area contributed by atoms with Crippen LogP contribution in [0.1, 0.15) is 12.8 Å². The topological polar surface area (TPSA) is 84.7 Å². The minimum atomic E-state index is -1.12. The molecule has 0 radical (unpaired) electrons. The van der Waals surface area contributed by atoms with Gasteiger partial charge < -0.3 is 20.7 Å². The molecule has 1 saturated heterocycles. The second-order valence-corrected chi connectivity index (χ2v) is 3.90. The van der Waals surface area contributed by atoms with Crippen LogP contribution in [0.4, 0.5) is 4.79 Å². The smallest absolute Gasteiger partial charge is 0.405 e. The van der Waals surface area contributed by atoms with E-state index in [9.17, 15) is 9.59 Å². The molecule has 86 valence electrons. The van der Waals surface area contributed by atoms with E-state index >= 15 is 0 Å². The Morgan fingerprint density at radius 2 is 2.13 bits per heavy atom. The molecule has 2 amide bonds. The van der Waals surface area contributed by atoms with E-state index in [1.54, 1.807) is 14.1 Å². The van der Waals surface area contributed by atoms with E-state index in [4.69, 9.17) is 10.5 Å². The lowest BCUT2D eigenvalue weighted by molar-refractivity contribution is -0.150. The molecule has 0 saturated carbocycles. The van der Waals surface area contributed by atoms with Crippen molar-refractivity contribution in [2.45, 2.75) is 18.4 Å². The van der Waals surface area contributed by atoms with Crippen LogP contribution in [0, 0.1) is 0 Å². The summed E-state index contributed by atoms with van der Waals surface area (Å²) in [5.41, 5.74) is 3.87. The number of carbonyl (C=O) groups excluding carboxylic acids is 2. The van der Waals surface area contributed by atoms with Crippen LogP contribution in [0.15, 0.2) is 0 Å². The van der Waals surface area contributed by atoms with Crippen LogP contribution < -0.4 is 11.1 Å². The highest BCUT2D eigenvalue weighted by Crippen LogP contribution is 2.22. The molecule has 0 aliphatic carbocycles. The van der Waals surface area contributed by atoms with Gasteiger partial charge in [0.1, 0.15) is 0 Å². The van der Waals surface area contributed by atoms with Gasteiger partial charge in [-0.2, -0.15) is 0 Å². The first-order valence-corrected chi connectivity index (χ1v) is 4.89. The molecule has 0 aromatic heterocycles. The van der Waals surface area contributed by atoms with Gasteiger partial charge in [-0.15, -0.1) is 0 Å². The van der Waals surface area contributed by atoms with Gasteiger partial charge in [0.2, 0.25) is 5.60 Å². The number of carbonyl (C=O) groups is 2. The lowest BCUT2D eigenvalue weighted by atomic mass is 9.92. The third-order valence-electron chi connectivity index (χ3n) is 2.44. The highest BCUT2D eigenvalue weighted by Gasteiger charge is 2.44. The fourth-order valence-corrected chi connectivity index (χ4v) is 1.79. The Morgan fingerprint density at radius 3 is 2.53 bits per heavy atom. The standard InChI is InChI=1S/C9H17N3O3/c1-12(2)7(13)9(15-8(10)14)4-3-5-11-6-9/h11H,3-6H2,1-2H3,(H2,10,14). The molecule has 1 fully saturated rings. The normalized spacial score (nSPS) is 25.7. The summed E-state index contributed by atoms with van der Waals surface area (Å²) in [5.74, 6) is -0.228. The molecule has 3 N–H and O–H groups in total. The molecule has 6 heteroatoms. The number of amides is 2. The lowest BCUT2D eigenvalue weighted by Gasteiger charge is -2.36. The average molecular weight is 215 g/mol. The molecule has 1 unspecified atom stereocenters. The zero-order valence-electron chi connectivity index (χ0n) is 9.08. The molecular formula is C9H17N3O3. The molecule has 1 aliphatic heterocycles. The predicted octanol–water partition coefficient (Wildman–Crippen LogP) is -0.708. The van der Waals surface area contributed by atoms with Gasteiger partial charge in [0, 0.05) is 20.6 Å². The first-order chi connectivity index (χ1) is 6.98. The summed E-state index contributed by atoms with van der Waals surface area (Å²) in [5, 5.41) is 3.04. The van der Waals surface area contributed by atoms with Crippen molar-refractivity contribution in [1.82, 2.24) is 10.2 Å². The Balaban J connectivity index is 2.84. The summed E-state index contributed by atoms with van der Waals surface area (Å²) in [4.78, 5) is 24.1. The van der Waals surface area contributed by atoms with Crippen LogP contribution in [-0.4, -0.2) is 49.7 Å². The van der Waals surface area contributed by atoms with Gasteiger partial charge in [-0.3, -0.25) is 4.79 Å². The number of primary amides is 1. The van der Waals surface area contributed by atoms with Crippen LogP contribution in [0.2, 0.25) is 0 Å². The molecule has 6 nitrogen and oxygen atoms in total. The van der Waals surface area contributed by atoms with Gasteiger partial charge in [0.05, 0.1) is 0 Å². The van der Waals surface area contributed by atoms with E-state index < -0.39 is 11.7 Å². The second kappa shape index (κ2) is 4.48. The largest absolute Gasteiger partial charge is 0.432 e. The van der Waals surface area contributed by atoms with Crippen molar-refractivity contribution in [2.24, 2.45) is 5.73 Å². The van der Waals surface area contributed by atoms with Crippen molar-refractivity contribution in [3.05, 3.63) is 0 Å². The van der Waals surface area contributed by atoms with Crippen molar-refractivity contribution in [3.8, 4) is 0 Å². The Labute approximate surface area is 88.7 Å². The van der Waals surface area contributed by atoms with E-state index in [0.29, 0.717) is 13.0 Å². The SMILES string of the molecule is CN(C)C(=O)C1(OC(N)=O)CCCNC1. The molecule has 0 aromatic rings. The number of hydrogen-bond acceptors (Lipinski definition) is 4. The van der Waals surface area contributed by atoms with Crippen molar-refractivity contribution in [3.63, 3.8) is 0 Å². The Hall–Kier alpha value is -1.30. The summed E-state index contributed by atoms with van der Waals surface area (Å²) in [7, 11) is 3.26. The summed E-state index contributed by atoms with van der Waals surface area (Å²) in [6.45, 7) is 1.15. The van der Waals surface area contributed by atoms with Gasteiger partial charge in [-0.05, 0) is 19.4 Å². The summed E-state index contributed by atoms with van der Waals surface area (Å²) in [6.07, 6.45) is 0.390. The monoisotopic (exact) mass is 215 g/mol. The first-order valence-electron chi connectivity index (χ1n) is 4.89. The first kappa shape index (κ1) is 11.8. The van der Waals surface area contributed by atoms with Gasteiger partial charge in [0.25, 0.3) is 5.91 Å². The second-order valence-electron chi connectivity index (χ2n) is 3.90. The van der Waals surface area contributed by atoms with Crippen LogP contribution >= 0.6 is 0 Å². The molecule has 0 bridgehead atoms. The maximum absolute atomic E-state index is 11.9. The summed E-state index contributed by atoms with van der Waals surface area (Å²) in [6, 6.07) is 0. The van der Waals surface area contributed by atoms with Crippen LogP contribution in [-0.2, 0) is 9.53 Å². The Morgan fingerprint density at radius 1 is 1.47 bits per heavy atom. The number of piperidine rings is 1. The zero-order valence-corrected chi connectivity index (χ0v) is 9.08. The van der Waals surface area contributed by atoms with E-state index in [2.05, 4.69) is 5.32 Å². The highest BCUT2D eigenvalue weighted by molar-refractivity contribution is 5.87. The average Bonchev–Trinajstić information content (AvgIpc) is 2.16. The van der Waals surface area contributed by atoms with Crippen LogP contribution in [0.3, 0.4) is 0 Å². The van der Waals surface area contributed by atoms with Gasteiger partial charge in [-0.1, -0.05) is 0 Å². The summed E-state index contributed by atoms with van der Waals surface area (Å²) < 4.78 is 4.99. The molecule has 1 aliphatic rings. The van der Waals surface area contributed by atoms with Crippen molar-refractivity contribution >= 4 is 12.0 Å². The van der Waals surface area contributed by atoms with Crippen molar-refractivity contribution < 1.29 is 14.3 Å². The third-order valence-corrected chi connectivity index (χ3v) is 2.44. The number of hydrogen-bond donors (Lipinski definition) is 2. The Bertz CT molecular complexity index is 259. The maximum atomic E-state index is 11.9. The fourth-order valence-electron chi connectivity index (χ4n) is 1.79. The van der Waals surface area contributed by atoms with E-state index in [1.165, 1.54) is 4.90 Å². The predicted molar refractivity (Wildman–Crippen MR) is 54.2 cm³/mol. The van der Waals surface area contributed by atoms with Gasteiger partial charge in [0.15, 0.2) is 0 Å². The third kappa shape index (κ3) is 2.59. The molecule has 0 spiro atoms. The number of ether oxygens (including phenoxy) is 1. The minimum absolute atomic E-state index is 0.228. The van der Waals surface area contributed by atoms with Crippen LogP contribution in [0.25, 0.3) is 0 Å². The Kier molecular flexibility index (Phi) is 3.52. The van der Waals surface area contributed by atoms with Gasteiger partial charge in [-0.25, -0.2) is 4.79 Å². The fraction of sp³-hybridized carbons (Fsp3) is 0.778. The number of nitrogens with two attached hydrogens (primary N) is 1. The number of rotatable bonds is 2. The number of nitrogens with one attached hydrogen (secondary N) is 1. The van der Waals surface area contributed by atoms with E-state index in [-0.39, 0.29) is 5.91 Å². The molecule has 1 heterocycles. The quantitative estimate of drug-likeness (QED) is 0.637. The zero-order chi connectivity index (χ0) is 11.5. The van der Waals surface area contributed by atoms with Gasteiger partial charge >= 0.3 is 6.09 Å². The van der Waals surface area contributed by atoms with E-state index in [0.717, 1.165) is 13.0 Å². The molecule has 0 aromatic carbocycles. The number of likely N-dealkylation sites (N-methyl/N-ethyl adjacent to an activating group) is 1. The summed E-state index contributed by atoms with van der Waals surface area (Å²) >= 11 is 0. The minimum Gasteiger partial charge on any atom is -0.432 e. The maximum Gasteiger partial charge on any atom is 0.405 e. The van der Waals surface area contributed by atoms with E-state index in [1.807, 2.05) is 0 Å². The molecular weight excluding hydrogens is 198 g/mol. The lowest BCUT2D eigenvalue weighted by Crippen LogP contribution is -2.58. The highest BCUT2D eigenvalue weighted by atomic mass is 16.6. The molecule has 1 rings (SSSR count). The van der Waals surface area contributed by atoms with Crippen LogP contribution in [0.5, 0.6) is 0 Å². The van der Waals surface area contributed by atoms with Crippen molar-refractivity contribution in [1.29, 1.82) is 0 Å². The number of nitrogens with zero attached hydrogens (tertiary/aromatic N) is 1.